The number of hydrogen-bond donors (Lipinski definition) is 0. The molecule has 1 aromatic carbocycles. The highest BCUT2D eigenvalue weighted by atomic mass is 35.5. The fourth-order valence-corrected chi connectivity index (χ4v) is 1.32. The maximum Gasteiger partial charge on any atom is 0.193 e. The summed E-state index contributed by atoms with van der Waals surface area (Å²) in [6.45, 7) is 0. The second-order valence-electron chi connectivity index (χ2n) is 2.78. The predicted molar refractivity (Wildman–Crippen MR) is 57.5 cm³/mol. The van der Waals surface area contributed by atoms with Crippen LogP contribution >= 0.6 is 11.6 Å². The van der Waals surface area contributed by atoms with Crippen molar-refractivity contribution in [2.24, 2.45) is 0 Å². The van der Waals surface area contributed by atoms with Crippen molar-refractivity contribution < 1.29 is 4.79 Å². The van der Waals surface area contributed by atoms with Crippen molar-refractivity contribution in [2.75, 3.05) is 0 Å². The molecule has 0 spiro atoms. The molecule has 0 unspecified atom stereocenters. The Morgan fingerprint density at radius 1 is 1.33 bits per heavy atom. The van der Waals surface area contributed by atoms with E-state index in [0.717, 1.165) is 5.52 Å². The standard InChI is InChI=1S/C11H5ClN2O/c12-11-7-13-9-4-3-8(2-1-5-15)6-10(9)14-11/h3-7H. The lowest BCUT2D eigenvalue weighted by Crippen LogP contribution is -1.85. The molecule has 0 N–H and O–H groups in total. The van der Waals surface area contributed by atoms with Crippen LogP contribution in [0.4, 0.5) is 0 Å². The lowest BCUT2D eigenvalue weighted by atomic mass is 10.2. The highest BCUT2D eigenvalue weighted by Crippen LogP contribution is 2.13. The van der Waals surface area contributed by atoms with Crippen LogP contribution in [-0.4, -0.2) is 16.3 Å². The molecule has 1 aromatic heterocycles. The Hall–Kier alpha value is -1.92. The summed E-state index contributed by atoms with van der Waals surface area (Å²) in [5, 5.41) is 0.336. The van der Waals surface area contributed by atoms with Gasteiger partial charge in [0, 0.05) is 5.56 Å². The van der Waals surface area contributed by atoms with E-state index in [4.69, 9.17) is 11.6 Å². The number of rotatable bonds is 0. The largest absolute Gasteiger partial charge is 0.289 e. The zero-order valence-electron chi connectivity index (χ0n) is 7.57. The van der Waals surface area contributed by atoms with Crippen LogP contribution in [0.3, 0.4) is 0 Å². The van der Waals surface area contributed by atoms with Gasteiger partial charge in [-0.25, -0.2) is 4.98 Å². The molecule has 2 aromatic rings. The van der Waals surface area contributed by atoms with Crippen molar-refractivity contribution in [2.45, 2.75) is 0 Å². The number of benzene rings is 1. The molecule has 2 rings (SSSR count). The van der Waals surface area contributed by atoms with E-state index in [1.54, 1.807) is 18.2 Å². The van der Waals surface area contributed by atoms with E-state index in [2.05, 4.69) is 21.8 Å². The summed E-state index contributed by atoms with van der Waals surface area (Å²) in [5.74, 6) is 5.01. The number of halogens is 1. The third-order valence-corrected chi connectivity index (χ3v) is 1.97. The van der Waals surface area contributed by atoms with E-state index in [1.807, 2.05) is 0 Å². The summed E-state index contributed by atoms with van der Waals surface area (Å²) < 4.78 is 0. The lowest BCUT2D eigenvalue weighted by molar-refractivity contribution is -0.103. The molecule has 0 radical (unpaired) electrons. The SMILES string of the molecule is O=CC#Cc1ccc2ncc(Cl)nc2c1. The molecule has 0 saturated carbocycles. The topological polar surface area (TPSA) is 42.9 Å². The summed E-state index contributed by atoms with van der Waals surface area (Å²) in [6.07, 6.45) is 2.04. The number of aldehydes is 1. The maximum atomic E-state index is 10.1. The summed E-state index contributed by atoms with van der Waals surface area (Å²) >= 11 is 5.71. The molecule has 0 aliphatic heterocycles. The Labute approximate surface area is 91.1 Å². The molecule has 4 heteroatoms. The number of hydrogen-bond acceptors (Lipinski definition) is 3. The van der Waals surface area contributed by atoms with Crippen molar-refractivity contribution in [3.05, 3.63) is 35.1 Å². The first-order valence-electron chi connectivity index (χ1n) is 4.17. The predicted octanol–water partition coefficient (Wildman–Crippen LogP) is 1.83. The summed E-state index contributed by atoms with van der Waals surface area (Å²) in [5.41, 5.74) is 2.13. The van der Waals surface area contributed by atoms with Crippen LogP contribution in [0.5, 0.6) is 0 Å². The normalized spacial score (nSPS) is 9.40. The van der Waals surface area contributed by atoms with Crippen LogP contribution in [0.1, 0.15) is 5.56 Å². The van der Waals surface area contributed by atoms with E-state index in [0.29, 0.717) is 22.5 Å². The van der Waals surface area contributed by atoms with Crippen molar-refractivity contribution in [3.8, 4) is 11.8 Å². The van der Waals surface area contributed by atoms with Crippen LogP contribution in [0, 0.1) is 11.8 Å². The smallest absolute Gasteiger partial charge is 0.193 e. The minimum Gasteiger partial charge on any atom is -0.289 e. The first kappa shape index (κ1) is 9.63. The Morgan fingerprint density at radius 2 is 2.20 bits per heavy atom. The molecular weight excluding hydrogens is 212 g/mol. The van der Waals surface area contributed by atoms with Crippen molar-refractivity contribution >= 4 is 28.9 Å². The van der Waals surface area contributed by atoms with Gasteiger partial charge < -0.3 is 0 Å². The van der Waals surface area contributed by atoms with Gasteiger partial charge >= 0.3 is 0 Å². The molecule has 0 aliphatic carbocycles. The van der Waals surface area contributed by atoms with E-state index in [1.165, 1.54) is 6.20 Å². The quantitative estimate of drug-likeness (QED) is 0.499. The highest BCUT2D eigenvalue weighted by molar-refractivity contribution is 6.29. The number of aromatic nitrogens is 2. The van der Waals surface area contributed by atoms with Gasteiger partial charge in [0.25, 0.3) is 0 Å². The van der Waals surface area contributed by atoms with Gasteiger partial charge in [0.15, 0.2) is 6.29 Å². The van der Waals surface area contributed by atoms with Crippen molar-refractivity contribution in [1.29, 1.82) is 0 Å². The van der Waals surface area contributed by atoms with E-state index in [9.17, 15) is 4.79 Å². The minimum atomic E-state index is 0.336. The molecule has 0 atom stereocenters. The van der Waals surface area contributed by atoms with Crippen LogP contribution in [-0.2, 0) is 4.79 Å². The molecule has 3 nitrogen and oxygen atoms in total. The highest BCUT2D eigenvalue weighted by Gasteiger charge is 1.98. The average Bonchev–Trinajstić information content (AvgIpc) is 2.25. The molecule has 0 saturated heterocycles. The van der Waals surface area contributed by atoms with Crippen molar-refractivity contribution in [3.63, 3.8) is 0 Å². The fraction of sp³-hybridized carbons (Fsp3) is 0. The Kier molecular flexibility index (Phi) is 2.61. The Morgan fingerprint density at radius 3 is 3.00 bits per heavy atom. The molecule has 0 fully saturated rings. The zero-order chi connectivity index (χ0) is 10.7. The minimum absolute atomic E-state index is 0.336. The second-order valence-corrected chi connectivity index (χ2v) is 3.17. The van der Waals surface area contributed by atoms with Crippen LogP contribution in [0.15, 0.2) is 24.4 Å². The lowest BCUT2D eigenvalue weighted by Gasteiger charge is -1.96. The van der Waals surface area contributed by atoms with E-state index < -0.39 is 0 Å². The number of carbonyl (C=O) groups is 1. The van der Waals surface area contributed by atoms with Gasteiger partial charge in [-0.2, -0.15) is 0 Å². The number of nitrogens with zero attached hydrogens (tertiary/aromatic N) is 2. The number of fused-ring (bicyclic) bond motifs is 1. The molecule has 72 valence electrons. The third-order valence-electron chi connectivity index (χ3n) is 1.79. The van der Waals surface area contributed by atoms with Gasteiger partial charge in [0.1, 0.15) is 5.15 Å². The summed E-state index contributed by atoms with van der Waals surface area (Å²) in [7, 11) is 0. The first-order chi connectivity index (χ1) is 7.29. The maximum absolute atomic E-state index is 10.1. The van der Waals surface area contributed by atoms with Crippen LogP contribution in [0.2, 0.25) is 5.15 Å². The van der Waals surface area contributed by atoms with Gasteiger partial charge in [-0.05, 0) is 24.1 Å². The zero-order valence-corrected chi connectivity index (χ0v) is 8.32. The number of carbonyl (C=O) groups excluding carboxylic acids is 1. The molecule has 1 heterocycles. The molecule has 0 amide bonds. The fourth-order valence-electron chi connectivity index (χ4n) is 1.18. The third kappa shape index (κ3) is 2.12. The van der Waals surface area contributed by atoms with E-state index >= 15 is 0 Å². The van der Waals surface area contributed by atoms with Gasteiger partial charge in [-0.3, -0.25) is 9.78 Å². The molecule has 0 aliphatic rings. The monoisotopic (exact) mass is 216 g/mol. The molecule has 15 heavy (non-hydrogen) atoms. The van der Waals surface area contributed by atoms with E-state index in [-0.39, 0.29) is 0 Å². The van der Waals surface area contributed by atoms with Crippen LogP contribution in [0.25, 0.3) is 11.0 Å². The van der Waals surface area contributed by atoms with Crippen LogP contribution < -0.4 is 0 Å². The molecule has 0 bridgehead atoms. The summed E-state index contributed by atoms with van der Waals surface area (Å²) in [4.78, 5) is 18.3. The second kappa shape index (κ2) is 4.07. The van der Waals surface area contributed by atoms with Gasteiger partial charge in [-0.1, -0.05) is 17.5 Å². The van der Waals surface area contributed by atoms with Gasteiger partial charge in [0.05, 0.1) is 17.2 Å². The first-order valence-corrected chi connectivity index (χ1v) is 4.55. The molecular formula is C11H5ClN2O. The van der Waals surface area contributed by atoms with Crippen molar-refractivity contribution in [1.82, 2.24) is 9.97 Å². The Bertz CT molecular complexity index is 584. The Balaban J connectivity index is 2.58. The van der Waals surface area contributed by atoms with Gasteiger partial charge in [0.2, 0.25) is 0 Å². The van der Waals surface area contributed by atoms with Gasteiger partial charge in [-0.15, -0.1) is 0 Å². The summed E-state index contributed by atoms with van der Waals surface area (Å²) in [6, 6.07) is 5.31. The average molecular weight is 217 g/mol.